The first-order valence-electron chi connectivity index (χ1n) is 5.93. The summed E-state index contributed by atoms with van der Waals surface area (Å²) in [5.41, 5.74) is 8.68. The van der Waals surface area contributed by atoms with Gasteiger partial charge < -0.3 is 15.2 Å². The first-order chi connectivity index (χ1) is 9.17. The smallest absolute Gasteiger partial charge is 0.118 e. The number of benzene rings is 2. The van der Waals surface area contributed by atoms with E-state index in [0.29, 0.717) is 13.2 Å². The minimum Gasteiger partial charge on any atom is -0.497 e. The van der Waals surface area contributed by atoms with Gasteiger partial charge in [-0.3, -0.25) is 0 Å². The highest BCUT2D eigenvalue weighted by Crippen LogP contribution is 2.18. The normalized spacial score (nSPS) is 10.4. The number of nitrogen functional groups attached to an aromatic ring is 1. The predicted octanol–water partition coefficient (Wildman–Crippen LogP) is 3.76. The fourth-order valence-electron chi connectivity index (χ4n) is 1.77. The predicted molar refractivity (Wildman–Crippen MR) is 80.0 cm³/mol. The summed E-state index contributed by atoms with van der Waals surface area (Å²) in [6.07, 6.45) is 0. The molecule has 0 amide bonds. The van der Waals surface area contributed by atoms with Crippen molar-refractivity contribution >= 4 is 21.6 Å². The van der Waals surface area contributed by atoms with E-state index < -0.39 is 0 Å². The summed E-state index contributed by atoms with van der Waals surface area (Å²) in [5, 5.41) is 0. The van der Waals surface area contributed by atoms with E-state index in [1.807, 2.05) is 42.5 Å². The minimum absolute atomic E-state index is 0.537. The van der Waals surface area contributed by atoms with Crippen molar-refractivity contribution in [3.8, 4) is 5.75 Å². The zero-order valence-electron chi connectivity index (χ0n) is 10.7. The Morgan fingerprint density at radius 1 is 1.00 bits per heavy atom. The van der Waals surface area contributed by atoms with Crippen molar-refractivity contribution in [1.29, 1.82) is 0 Å². The Kier molecular flexibility index (Phi) is 4.82. The fraction of sp³-hybridized carbons (Fsp3) is 0.200. The third-order valence-electron chi connectivity index (χ3n) is 2.68. The van der Waals surface area contributed by atoms with Crippen LogP contribution >= 0.6 is 15.9 Å². The second-order valence-corrected chi connectivity index (χ2v) is 5.15. The molecular formula is C15H16BrNO2. The zero-order chi connectivity index (χ0) is 13.7. The van der Waals surface area contributed by atoms with Crippen LogP contribution < -0.4 is 10.5 Å². The Hall–Kier alpha value is -1.52. The molecule has 0 bridgehead atoms. The van der Waals surface area contributed by atoms with Crippen molar-refractivity contribution in [2.45, 2.75) is 13.2 Å². The Bertz CT molecular complexity index is 520. The molecule has 0 radical (unpaired) electrons. The second kappa shape index (κ2) is 6.59. The van der Waals surface area contributed by atoms with Crippen molar-refractivity contribution in [3.63, 3.8) is 0 Å². The number of methoxy groups -OCH3 is 1. The number of ether oxygens (including phenoxy) is 2. The molecular weight excluding hydrogens is 306 g/mol. The number of anilines is 1. The summed E-state index contributed by atoms with van der Waals surface area (Å²) in [6.45, 7) is 1.10. The van der Waals surface area contributed by atoms with E-state index in [9.17, 15) is 0 Å². The third kappa shape index (κ3) is 4.26. The summed E-state index contributed by atoms with van der Waals surface area (Å²) in [4.78, 5) is 0. The molecule has 0 saturated heterocycles. The van der Waals surface area contributed by atoms with E-state index in [-0.39, 0.29) is 0 Å². The van der Waals surface area contributed by atoms with Gasteiger partial charge in [0, 0.05) is 10.2 Å². The molecule has 19 heavy (non-hydrogen) atoms. The SMILES string of the molecule is COc1ccc(COCc2cc(N)cc(Br)c2)cc1. The van der Waals surface area contributed by atoms with Crippen LogP contribution in [-0.4, -0.2) is 7.11 Å². The lowest BCUT2D eigenvalue weighted by Crippen LogP contribution is -1.96. The summed E-state index contributed by atoms with van der Waals surface area (Å²) in [5.74, 6) is 0.850. The Morgan fingerprint density at radius 3 is 2.32 bits per heavy atom. The molecule has 0 spiro atoms. The van der Waals surface area contributed by atoms with E-state index in [1.54, 1.807) is 7.11 Å². The van der Waals surface area contributed by atoms with Gasteiger partial charge in [0.15, 0.2) is 0 Å². The van der Waals surface area contributed by atoms with Gasteiger partial charge in [0.1, 0.15) is 5.75 Å². The van der Waals surface area contributed by atoms with E-state index in [4.69, 9.17) is 15.2 Å². The van der Waals surface area contributed by atoms with Crippen LogP contribution in [0.3, 0.4) is 0 Å². The molecule has 2 rings (SSSR count). The van der Waals surface area contributed by atoms with Crippen LogP contribution in [0.2, 0.25) is 0 Å². The molecule has 2 aromatic carbocycles. The van der Waals surface area contributed by atoms with Crippen LogP contribution in [-0.2, 0) is 18.0 Å². The van der Waals surface area contributed by atoms with Gasteiger partial charge >= 0.3 is 0 Å². The van der Waals surface area contributed by atoms with Gasteiger partial charge in [-0.2, -0.15) is 0 Å². The van der Waals surface area contributed by atoms with Gasteiger partial charge in [-0.05, 0) is 41.5 Å². The molecule has 0 atom stereocenters. The van der Waals surface area contributed by atoms with E-state index in [0.717, 1.165) is 27.0 Å². The maximum Gasteiger partial charge on any atom is 0.118 e. The Balaban J connectivity index is 1.88. The average Bonchev–Trinajstić information content (AvgIpc) is 2.38. The molecule has 0 unspecified atom stereocenters. The lowest BCUT2D eigenvalue weighted by Gasteiger charge is -2.07. The van der Waals surface area contributed by atoms with E-state index in [1.165, 1.54) is 0 Å². The van der Waals surface area contributed by atoms with Gasteiger partial charge in [-0.15, -0.1) is 0 Å². The van der Waals surface area contributed by atoms with Crippen LogP contribution in [0, 0.1) is 0 Å². The van der Waals surface area contributed by atoms with Crippen LogP contribution in [0.5, 0.6) is 5.75 Å². The molecule has 0 aliphatic heterocycles. The number of rotatable bonds is 5. The largest absolute Gasteiger partial charge is 0.497 e. The van der Waals surface area contributed by atoms with Crippen molar-refractivity contribution in [2.24, 2.45) is 0 Å². The molecule has 0 aliphatic carbocycles. The molecule has 0 heterocycles. The standard InChI is InChI=1S/C15H16BrNO2/c1-18-15-4-2-11(3-5-15)9-19-10-12-6-13(16)8-14(17)7-12/h2-8H,9-10,17H2,1H3. The molecule has 2 N–H and O–H groups in total. The van der Waals surface area contributed by atoms with Crippen molar-refractivity contribution < 1.29 is 9.47 Å². The van der Waals surface area contributed by atoms with Crippen molar-refractivity contribution in [2.75, 3.05) is 12.8 Å². The van der Waals surface area contributed by atoms with Crippen molar-refractivity contribution in [3.05, 3.63) is 58.1 Å². The molecule has 0 fully saturated rings. The summed E-state index contributed by atoms with van der Waals surface area (Å²) < 4.78 is 11.7. The van der Waals surface area contributed by atoms with Gasteiger partial charge in [0.25, 0.3) is 0 Å². The van der Waals surface area contributed by atoms with Gasteiger partial charge in [0.2, 0.25) is 0 Å². The van der Waals surface area contributed by atoms with Gasteiger partial charge in [-0.1, -0.05) is 28.1 Å². The highest BCUT2D eigenvalue weighted by Gasteiger charge is 1.99. The van der Waals surface area contributed by atoms with Crippen LogP contribution in [0.4, 0.5) is 5.69 Å². The third-order valence-corrected chi connectivity index (χ3v) is 3.13. The molecule has 2 aromatic rings. The molecule has 0 aliphatic rings. The Labute approximate surface area is 121 Å². The molecule has 100 valence electrons. The summed E-state index contributed by atoms with van der Waals surface area (Å²) >= 11 is 3.42. The van der Waals surface area contributed by atoms with Crippen LogP contribution in [0.1, 0.15) is 11.1 Å². The Morgan fingerprint density at radius 2 is 1.68 bits per heavy atom. The molecule has 3 nitrogen and oxygen atoms in total. The molecule has 0 aromatic heterocycles. The summed E-state index contributed by atoms with van der Waals surface area (Å²) in [6, 6.07) is 13.6. The fourth-order valence-corrected chi connectivity index (χ4v) is 2.33. The monoisotopic (exact) mass is 321 g/mol. The van der Waals surface area contributed by atoms with Gasteiger partial charge in [-0.25, -0.2) is 0 Å². The minimum atomic E-state index is 0.537. The molecule has 0 saturated carbocycles. The maximum atomic E-state index is 5.77. The first kappa shape index (κ1) is 13.9. The molecule has 4 heteroatoms. The van der Waals surface area contributed by atoms with E-state index >= 15 is 0 Å². The average molecular weight is 322 g/mol. The highest BCUT2D eigenvalue weighted by molar-refractivity contribution is 9.10. The number of hydrogen-bond donors (Lipinski definition) is 1. The number of halogens is 1. The zero-order valence-corrected chi connectivity index (χ0v) is 12.3. The highest BCUT2D eigenvalue weighted by atomic mass is 79.9. The quantitative estimate of drug-likeness (QED) is 0.853. The lowest BCUT2D eigenvalue weighted by molar-refractivity contribution is 0.107. The number of hydrogen-bond acceptors (Lipinski definition) is 3. The van der Waals surface area contributed by atoms with Crippen LogP contribution in [0.15, 0.2) is 46.9 Å². The summed E-state index contributed by atoms with van der Waals surface area (Å²) in [7, 11) is 1.66. The second-order valence-electron chi connectivity index (χ2n) is 4.23. The number of nitrogens with two attached hydrogens (primary N) is 1. The first-order valence-corrected chi connectivity index (χ1v) is 6.72. The van der Waals surface area contributed by atoms with Gasteiger partial charge in [0.05, 0.1) is 20.3 Å². The van der Waals surface area contributed by atoms with E-state index in [2.05, 4.69) is 15.9 Å². The van der Waals surface area contributed by atoms with Crippen molar-refractivity contribution in [1.82, 2.24) is 0 Å². The maximum absolute atomic E-state index is 5.77. The lowest BCUT2D eigenvalue weighted by atomic mass is 10.2. The van der Waals surface area contributed by atoms with Crippen LogP contribution in [0.25, 0.3) is 0 Å². The topological polar surface area (TPSA) is 44.5 Å².